The van der Waals surface area contributed by atoms with Gasteiger partial charge in [0.2, 0.25) is 0 Å². The van der Waals surface area contributed by atoms with Gasteiger partial charge in [0.15, 0.2) is 0 Å². The first kappa shape index (κ1) is 14.5. The summed E-state index contributed by atoms with van der Waals surface area (Å²) < 4.78 is 5.82. The molecule has 2 N–H and O–H groups in total. The molecule has 1 heterocycles. The van der Waals surface area contributed by atoms with Gasteiger partial charge in [-0.25, -0.2) is 0 Å². The second kappa shape index (κ2) is 6.04. The maximum absolute atomic E-state index is 6.26. The third kappa shape index (κ3) is 3.56. The highest BCUT2D eigenvalue weighted by Gasteiger charge is 2.30. The van der Waals surface area contributed by atoms with Gasteiger partial charge in [0.05, 0.1) is 12.2 Å². The number of nitrogens with two attached hydrogens (primary N) is 1. The lowest BCUT2D eigenvalue weighted by Crippen LogP contribution is -2.50. The van der Waals surface area contributed by atoms with Crippen LogP contribution in [0.5, 0.6) is 0 Å². The zero-order valence-corrected chi connectivity index (χ0v) is 12.5. The number of morpholine rings is 1. The van der Waals surface area contributed by atoms with E-state index in [1.807, 2.05) is 0 Å². The molecule has 1 aliphatic heterocycles. The van der Waals surface area contributed by atoms with E-state index in [2.05, 4.69) is 56.9 Å². The molecule has 1 aromatic rings. The van der Waals surface area contributed by atoms with E-state index < -0.39 is 0 Å². The number of benzene rings is 1. The molecule has 106 valence electrons. The van der Waals surface area contributed by atoms with Crippen LogP contribution in [0.4, 0.5) is 0 Å². The normalized spacial score (nSPS) is 28.1. The van der Waals surface area contributed by atoms with Gasteiger partial charge in [-0.3, -0.25) is 4.90 Å². The average Bonchev–Trinajstić information content (AvgIpc) is 2.27. The predicted molar refractivity (Wildman–Crippen MR) is 79.2 cm³/mol. The van der Waals surface area contributed by atoms with Crippen LogP contribution in [0.1, 0.15) is 37.9 Å². The molecule has 0 radical (unpaired) electrons. The Morgan fingerprint density at radius 2 is 1.89 bits per heavy atom. The molecule has 3 heteroatoms. The van der Waals surface area contributed by atoms with Crippen molar-refractivity contribution in [1.29, 1.82) is 0 Å². The lowest BCUT2D eigenvalue weighted by atomic mass is 9.96. The number of rotatable bonds is 3. The molecule has 1 aromatic carbocycles. The van der Waals surface area contributed by atoms with E-state index in [4.69, 9.17) is 10.5 Å². The third-order valence-electron chi connectivity index (χ3n) is 3.72. The van der Waals surface area contributed by atoms with Crippen molar-refractivity contribution in [3.63, 3.8) is 0 Å². The van der Waals surface area contributed by atoms with E-state index in [9.17, 15) is 0 Å². The van der Waals surface area contributed by atoms with E-state index in [-0.39, 0.29) is 24.3 Å². The number of hydrogen-bond donors (Lipinski definition) is 1. The molecule has 19 heavy (non-hydrogen) atoms. The SMILES string of the molecule is Cc1cccc(C(C(C)N)N2CC(C)OC(C)C2)c1. The predicted octanol–water partition coefficient (Wildman–Crippen LogP) is 2.49. The summed E-state index contributed by atoms with van der Waals surface area (Å²) in [6, 6.07) is 9.07. The fraction of sp³-hybridized carbons (Fsp3) is 0.625. The highest BCUT2D eigenvalue weighted by molar-refractivity contribution is 5.26. The molecular formula is C16H26N2O. The van der Waals surface area contributed by atoms with E-state index in [1.54, 1.807) is 0 Å². The molecule has 0 bridgehead atoms. The second-order valence-electron chi connectivity index (χ2n) is 5.93. The van der Waals surface area contributed by atoms with Crippen molar-refractivity contribution in [2.75, 3.05) is 13.1 Å². The Hall–Kier alpha value is -0.900. The topological polar surface area (TPSA) is 38.5 Å². The molecular weight excluding hydrogens is 236 g/mol. The minimum atomic E-state index is 0.110. The van der Waals surface area contributed by atoms with E-state index in [0.29, 0.717) is 0 Å². The molecule has 1 fully saturated rings. The largest absolute Gasteiger partial charge is 0.373 e. The highest BCUT2D eigenvalue weighted by Crippen LogP contribution is 2.27. The molecule has 3 nitrogen and oxygen atoms in total. The van der Waals surface area contributed by atoms with Crippen LogP contribution in [-0.4, -0.2) is 36.2 Å². The van der Waals surface area contributed by atoms with Crippen molar-refractivity contribution in [2.24, 2.45) is 5.73 Å². The zero-order chi connectivity index (χ0) is 14.0. The number of ether oxygens (including phenoxy) is 1. The van der Waals surface area contributed by atoms with Crippen molar-refractivity contribution < 1.29 is 4.74 Å². The van der Waals surface area contributed by atoms with Crippen LogP contribution in [0.25, 0.3) is 0 Å². The summed E-state index contributed by atoms with van der Waals surface area (Å²) in [7, 11) is 0. The summed E-state index contributed by atoms with van der Waals surface area (Å²) in [6.45, 7) is 10.4. The fourth-order valence-electron chi connectivity index (χ4n) is 3.15. The number of aryl methyl sites for hydroxylation is 1. The van der Waals surface area contributed by atoms with E-state index >= 15 is 0 Å². The Labute approximate surface area is 116 Å². The van der Waals surface area contributed by atoms with Gasteiger partial charge >= 0.3 is 0 Å². The molecule has 0 aliphatic carbocycles. The molecule has 0 spiro atoms. The Morgan fingerprint density at radius 1 is 1.26 bits per heavy atom. The summed E-state index contributed by atoms with van der Waals surface area (Å²) in [5, 5.41) is 0. The summed E-state index contributed by atoms with van der Waals surface area (Å²) in [6.07, 6.45) is 0.546. The molecule has 0 aromatic heterocycles. The second-order valence-corrected chi connectivity index (χ2v) is 5.93. The van der Waals surface area contributed by atoms with Gasteiger partial charge in [0.1, 0.15) is 0 Å². The van der Waals surface area contributed by atoms with Crippen molar-refractivity contribution in [3.05, 3.63) is 35.4 Å². The molecule has 1 saturated heterocycles. The molecule has 4 atom stereocenters. The van der Waals surface area contributed by atoms with Crippen LogP contribution < -0.4 is 5.73 Å². The maximum atomic E-state index is 6.26. The van der Waals surface area contributed by atoms with Crippen molar-refractivity contribution in [2.45, 2.75) is 52.0 Å². The van der Waals surface area contributed by atoms with Crippen LogP contribution in [0.3, 0.4) is 0 Å². The van der Waals surface area contributed by atoms with Gasteiger partial charge in [0, 0.05) is 25.2 Å². The van der Waals surface area contributed by atoms with E-state index in [0.717, 1.165) is 13.1 Å². The first-order chi connectivity index (χ1) is 8.97. The smallest absolute Gasteiger partial charge is 0.0678 e. The van der Waals surface area contributed by atoms with Gasteiger partial charge in [-0.2, -0.15) is 0 Å². The Bertz CT molecular complexity index is 409. The molecule has 2 rings (SSSR count). The van der Waals surface area contributed by atoms with Gasteiger partial charge in [-0.05, 0) is 33.3 Å². The van der Waals surface area contributed by atoms with Crippen molar-refractivity contribution in [3.8, 4) is 0 Å². The Morgan fingerprint density at radius 3 is 2.42 bits per heavy atom. The number of nitrogens with zero attached hydrogens (tertiary/aromatic N) is 1. The van der Waals surface area contributed by atoms with Crippen molar-refractivity contribution >= 4 is 0 Å². The first-order valence-electron chi connectivity index (χ1n) is 7.19. The molecule has 1 aliphatic rings. The quantitative estimate of drug-likeness (QED) is 0.909. The van der Waals surface area contributed by atoms with Crippen LogP contribution in [0, 0.1) is 6.92 Å². The molecule has 0 saturated carbocycles. The first-order valence-corrected chi connectivity index (χ1v) is 7.19. The van der Waals surface area contributed by atoms with Gasteiger partial charge < -0.3 is 10.5 Å². The Balaban J connectivity index is 2.25. The lowest BCUT2D eigenvalue weighted by molar-refractivity contribution is -0.0831. The highest BCUT2D eigenvalue weighted by atomic mass is 16.5. The van der Waals surface area contributed by atoms with Gasteiger partial charge in [0.25, 0.3) is 0 Å². The van der Waals surface area contributed by atoms with Crippen LogP contribution in [0.2, 0.25) is 0 Å². The summed E-state index contributed by atoms with van der Waals surface area (Å²) in [5.41, 5.74) is 8.86. The van der Waals surface area contributed by atoms with Gasteiger partial charge in [-0.1, -0.05) is 29.8 Å². The summed E-state index contributed by atoms with van der Waals surface area (Å²) in [4.78, 5) is 2.47. The van der Waals surface area contributed by atoms with Gasteiger partial charge in [-0.15, -0.1) is 0 Å². The minimum Gasteiger partial charge on any atom is -0.373 e. The van der Waals surface area contributed by atoms with Crippen LogP contribution in [-0.2, 0) is 4.74 Å². The van der Waals surface area contributed by atoms with E-state index in [1.165, 1.54) is 11.1 Å². The minimum absolute atomic E-state index is 0.110. The third-order valence-corrected chi connectivity index (χ3v) is 3.72. The van der Waals surface area contributed by atoms with Crippen LogP contribution >= 0.6 is 0 Å². The zero-order valence-electron chi connectivity index (χ0n) is 12.5. The lowest BCUT2D eigenvalue weighted by Gasteiger charge is -2.42. The maximum Gasteiger partial charge on any atom is 0.0678 e. The standard InChI is InChI=1S/C16H26N2O/c1-11-6-5-7-15(8-11)16(14(4)17)18-9-12(2)19-13(3)10-18/h5-8,12-14,16H,9-10,17H2,1-4H3. The number of hydrogen-bond acceptors (Lipinski definition) is 3. The van der Waals surface area contributed by atoms with Crippen LogP contribution in [0.15, 0.2) is 24.3 Å². The summed E-state index contributed by atoms with van der Waals surface area (Å²) >= 11 is 0. The molecule has 4 unspecified atom stereocenters. The Kier molecular flexibility index (Phi) is 4.61. The van der Waals surface area contributed by atoms with Crippen molar-refractivity contribution in [1.82, 2.24) is 4.90 Å². The monoisotopic (exact) mass is 262 g/mol. The summed E-state index contributed by atoms with van der Waals surface area (Å²) in [5.74, 6) is 0. The molecule has 0 amide bonds. The average molecular weight is 262 g/mol. The fourth-order valence-corrected chi connectivity index (χ4v) is 3.15.